The smallest absolute Gasteiger partial charge is 0.262 e. The molecule has 4 rings (SSSR count). The number of carbonyl (C=O) groups is 1. The normalized spacial score (nSPS) is 12.9. The van der Waals surface area contributed by atoms with Crippen LogP contribution in [0.2, 0.25) is 0 Å². The van der Waals surface area contributed by atoms with Crippen LogP contribution in [0, 0.1) is 0 Å². The highest BCUT2D eigenvalue weighted by atomic mass is 32.2. The first kappa shape index (κ1) is 20.7. The maximum absolute atomic E-state index is 12.7. The number of ether oxygens (including phenoxy) is 2. The fourth-order valence-electron chi connectivity index (χ4n) is 3.15. The highest BCUT2D eigenvalue weighted by molar-refractivity contribution is 7.92. The molecule has 1 aliphatic rings. The minimum atomic E-state index is -3.82. The molecule has 0 spiro atoms. The molecule has 0 saturated carbocycles. The van der Waals surface area contributed by atoms with Gasteiger partial charge in [0.15, 0.2) is 11.5 Å². The zero-order valence-corrected chi connectivity index (χ0v) is 17.7. The molecule has 0 aliphatic carbocycles. The monoisotopic (exact) mass is 442 g/mol. The quantitative estimate of drug-likeness (QED) is 0.579. The van der Waals surface area contributed by atoms with E-state index in [0.717, 1.165) is 5.69 Å². The van der Waals surface area contributed by atoms with Gasteiger partial charge in [-0.3, -0.25) is 14.2 Å². The molecule has 9 nitrogen and oxygen atoms in total. The summed E-state index contributed by atoms with van der Waals surface area (Å²) in [5, 5.41) is 6.93. The maximum Gasteiger partial charge on any atom is 0.262 e. The second-order valence-corrected chi connectivity index (χ2v) is 8.62. The third kappa shape index (κ3) is 4.80. The van der Waals surface area contributed by atoms with Crippen molar-refractivity contribution in [1.29, 1.82) is 0 Å². The lowest BCUT2D eigenvalue weighted by molar-refractivity contribution is 0.0954. The maximum atomic E-state index is 12.7. The van der Waals surface area contributed by atoms with Crippen LogP contribution in [0.4, 0.5) is 5.69 Å². The fourth-order valence-corrected chi connectivity index (χ4v) is 4.22. The molecule has 3 aromatic rings. The molecule has 0 atom stereocenters. The van der Waals surface area contributed by atoms with Crippen molar-refractivity contribution in [2.45, 2.75) is 11.3 Å². The standard InChI is InChI=1S/C21H22N4O5S/c1-25-17(9-11-23-25)8-10-22-21(26)15-2-4-16(5-3-15)24-31(27,28)18-6-7-19-20(14-18)30-13-12-29-19/h2-7,9,11,14,24H,8,10,12-13H2,1H3,(H,22,26). The summed E-state index contributed by atoms with van der Waals surface area (Å²) in [4.78, 5) is 12.4. The number of rotatable bonds is 7. The molecule has 162 valence electrons. The molecule has 0 unspecified atom stereocenters. The van der Waals surface area contributed by atoms with Crippen molar-refractivity contribution in [1.82, 2.24) is 15.1 Å². The third-order valence-electron chi connectivity index (χ3n) is 4.81. The van der Waals surface area contributed by atoms with Crippen molar-refractivity contribution < 1.29 is 22.7 Å². The van der Waals surface area contributed by atoms with Gasteiger partial charge in [-0.1, -0.05) is 0 Å². The first-order valence-electron chi connectivity index (χ1n) is 9.70. The van der Waals surface area contributed by atoms with Crippen molar-refractivity contribution in [3.63, 3.8) is 0 Å². The molecule has 31 heavy (non-hydrogen) atoms. The molecule has 10 heteroatoms. The summed E-state index contributed by atoms with van der Waals surface area (Å²) in [5.74, 6) is 0.680. The Morgan fingerprint density at radius 1 is 1.06 bits per heavy atom. The molecule has 0 bridgehead atoms. The number of nitrogens with one attached hydrogen (secondary N) is 2. The first-order chi connectivity index (χ1) is 14.9. The third-order valence-corrected chi connectivity index (χ3v) is 6.19. The van der Waals surface area contributed by atoms with E-state index < -0.39 is 10.0 Å². The van der Waals surface area contributed by atoms with Gasteiger partial charge in [0.05, 0.1) is 4.90 Å². The van der Waals surface area contributed by atoms with E-state index in [9.17, 15) is 13.2 Å². The summed E-state index contributed by atoms with van der Waals surface area (Å²) in [6.45, 7) is 1.27. The van der Waals surface area contributed by atoms with Gasteiger partial charge in [-0.15, -0.1) is 0 Å². The van der Waals surface area contributed by atoms with Gasteiger partial charge in [-0.25, -0.2) is 8.42 Å². The molecule has 2 N–H and O–H groups in total. The summed E-state index contributed by atoms with van der Waals surface area (Å²) in [6, 6.07) is 12.6. The zero-order chi connectivity index (χ0) is 21.8. The number of hydrogen-bond acceptors (Lipinski definition) is 6. The van der Waals surface area contributed by atoms with Crippen LogP contribution in [0.5, 0.6) is 11.5 Å². The molecule has 1 amide bonds. The van der Waals surface area contributed by atoms with Crippen LogP contribution in [-0.4, -0.2) is 43.9 Å². The predicted octanol–water partition coefficient (Wildman–Crippen LogP) is 1.96. The number of fused-ring (bicyclic) bond motifs is 1. The molecule has 1 aliphatic heterocycles. The number of sulfonamides is 1. The summed E-state index contributed by atoms with van der Waals surface area (Å²) in [7, 11) is -1.97. The number of carbonyl (C=O) groups excluding carboxylic acids is 1. The van der Waals surface area contributed by atoms with Crippen LogP contribution in [0.25, 0.3) is 0 Å². The largest absolute Gasteiger partial charge is 0.486 e. The Balaban J connectivity index is 1.37. The SMILES string of the molecule is Cn1nccc1CCNC(=O)c1ccc(NS(=O)(=O)c2ccc3c(c2)OCCO3)cc1. The summed E-state index contributed by atoms with van der Waals surface area (Å²) in [6.07, 6.45) is 2.37. The number of aromatic nitrogens is 2. The minimum absolute atomic E-state index is 0.0636. The van der Waals surface area contributed by atoms with Crippen LogP contribution in [0.3, 0.4) is 0 Å². The average molecular weight is 442 g/mol. The van der Waals surface area contributed by atoms with Crippen LogP contribution >= 0.6 is 0 Å². The molecule has 0 saturated heterocycles. The zero-order valence-electron chi connectivity index (χ0n) is 16.9. The van der Waals surface area contributed by atoms with E-state index in [0.29, 0.717) is 48.9 Å². The van der Waals surface area contributed by atoms with Gasteiger partial charge in [-0.05, 0) is 42.5 Å². The van der Waals surface area contributed by atoms with Gasteiger partial charge < -0.3 is 14.8 Å². The lowest BCUT2D eigenvalue weighted by atomic mass is 10.2. The molecule has 2 heterocycles. The fraction of sp³-hybridized carbons (Fsp3) is 0.238. The van der Waals surface area contributed by atoms with E-state index >= 15 is 0 Å². The van der Waals surface area contributed by atoms with Gasteiger partial charge in [0.1, 0.15) is 13.2 Å². The Morgan fingerprint density at radius 3 is 2.52 bits per heavy atom. The van der Waals surface area contributed by atoms with Gasteiger partial charge in [-0.2, -0.15) is 5.10 Å². The lowest BCUT2D eigenvalue weighted by Crippen LogP contribution is -2.26. The van der Waals surface area contributed by atoms with E-state index in [4.69, 9.17) is 9.47 Å². The van der Waals surface area contributed by atoms with Gasteiger partial charge in [0, 0.05) is 49.2 Å². The predicted molar refractivity (Wildman–Crippen MR) is 114 cm³/mol. The van der Waals surface area contributed by atoms with Crippen LogP contribution in [0.1, 0.15) is 16.1 Å². The lowest BCUT2D eigenvalue weighted by Gasteiger charge is -2.19. The van der Waals surface area contributed by atoms with Crippen LogP contribution < -0.4 is 19.5 Å². The van der Waals surface area contributed by atoms with Crippen LogP contribution in [0.15, 0.2) is 59.6 Å². The Morgan fingerprint density at radius 2 is 1.81 bits per heavy atom. The average Bonchev–Trinajstić information content (AvgIpc) is 3.18. The van der Waals surface area contributed by atoms with E-state index in [1.807, 2.05) is 13.1 Å². The van der Waals surface area contributed by atoms with E-state index in [1.54, 1.807) is 41.2 Å². The van der Waals surface area contributed by atoms with Crippen molar-refractivity contribution in [3.8, 4) is 11.5 Å². The first-order valence-corrected chi connectivity index (χ1v) is 11.2. The van der Waals surface area contributed by atoms with Crippen molar-refractivity contribution in [2.24, 2.45) is 7.05 Å². The number of benzene rings is 2. The molecule has 1 aromatic heterocycles. The van der Waals surface area contributed by atoms with Crippen molar-refractivity contribution in [3.05, 3.63) is 66.0 Å². The summed E-state index contributed by atoms with van der Waals surface area (Å²) >= 11 is 0. The number of amides is 1. The van der Waals surface area contributed by atoms with Crippen molar-refractivity contribution >= 4 is 21.6 Å². The van der Waals surface area contributed by atoms with E-state index in [-0.39, 0.29) is 10.8 Å². The number of nitrogens with zero attached hydrogens (tertiary/aromatic N) is 2. The molecular formula is C21H22N4O5S. The number of anilines is 1. The summed E-state index contributed by atoms with van der Waals surface area (Å²) in [5.41, 5.74) is 1.80. The topological polar surface area (TPSA) is 112 Å². The summed E-state index contributed by atoms with van der Waals surface area (Å²) < 4.78 is 40.5. The number of hydrogen-bond donors (Lipinski definition) is 2. The Kier molecular flexibility index (Phi) is 5.81. The molecule has 0 fully saturated rings. The van der Waals surface area contributed by atoms with Gasteiger partial charge in [0.2, 0.25) is 0 Å². The second-order valence-electron chi connectivity index (χ2n) is 6.94. The molecule has 2 aromatic carbocycles. The van der Waals surface area contributed by atoms with E-state index in [2.05, 4.69) is 15.1 Å². The minimum Gasteiger partial charge on any atom is -0.486 e. The van der Waals surface area contributed by atoms with E-state index in [1.165, 1.54) is 12.1 Å². The van der Waals surface area contributed by atoms with Gasteiger partial charge in [0.25, 0.3) is 15.9 Å². The number of aryl methyl sites for hydroxylation is 1. The van der Waals surface area contributed by atoms with Crippen molar-refractivity contribution in [2.75, 3.05) is 24.5 Å². The Bertz CT molecular complexity index is 1190. The Labute approximate surface area is 180 Å². The van der Waals surface area contributed by atoms with Crippen LogP contribution in [-0.2, 0) is 23.5 Å². The highest BCUT2D eigenvalue weighted by Crippen LogP contribution is 2.32. The highest BCUT2D eigenvalue weighted by Gasteiger charge is 2.19. The second kappa shape index (κ2) is 8.68. The molecule has 0 radical (unpaired) electrons. The molecular weight excluding hydrogens is 420 g/mol. The van der Waals surface area contributed by atoms with Gasteiger partial charge >= 0.3 is 0 Å². The Hall–Kier alpha value is -3.53.